The summed E-state index contributed by atoms with van der Waals surface area (Å²) in [4.78, 5) is 23.1. The summed E-state index contributed by atoms with van der Waals surface area (Å²) in [5.41, 5.74) is 6.33. The Morgan fingerprint density at radius 2 is 1.70 bits per heavy atom. The number of rotatable bonds is 4. The lowest BCUT2D eigenvalue weighted by Gasteiger charge is -2.19. The molecule has 0 bridgehead atoms. The fourth-order valence-electron chi connectivity index (χ4n) is 1.55. The van der Waals surface area contributed by atoms with Crippen molar-refractivity contribution in [3.63, 3.8) is 0 Å². The average Bonchev–Trinajstić information content (AvgIpc) is 2.41. The Hall–Kier alpha value is -1.88. The minimum absolute atomic E-state index is 0.0424. The fourth-order valence-corrected chi connectivity index (χ4v) is 1.55. The first-order chi connectivity index (χ1) is 9.34. The minimum atomic E-state index is -0.383. The van der Waals surface area contributed by atoms with Crippen LogP contribution in [0.25, 0.3) is 0 Å². The van der Waals surface area contributed by atoms with Crippen LogP contribution in [-0.2, 0) is 14.9 Å². The van der Waals surface area contributed by atoms with E-state index in [4.69, 9.17) is 4.74 Å². The standard InChI is InChI=1S/C15H22N2O3/c1-5-20-10-13(18)16-17-14(19)11-6-8-12(9-7-11)15(2,3)4/h6-9H,5,10H2,1-4H3,(H,16,18)(H,17,19). The molecule has 1 aromatic rings. The number of carbonyl (C=O) groups is 2. The molecule has 5 nitrogen and oxygen atoms in total. The van der Waals surface area contributed by atoms with E-state index in [0.29, 0.717) is 12.2 Å². The Morgan fingerprint density at radius 1 is 1.10 bits per heavy atom. The first-order valence-electron chi connectivity index (χ1n) is 6.62. The van der Waals surface area contributed by atoms with Gasteiger partial charge in [-0.05, 0) is 30.0 Å². The zero-order valence-corrected chi connectivity index (χ0v) is 12.4. The summed E-state index contributed by atoms with van der Waals surface area (Å²) in [7, 11) is 0. The molecule has 2 amide bonds. The molecule has 0 aromatic heterocycles. The highest BCUT2D eigenvalue weighted by Crippen LogP contribution is 2.21. The number of ether oxygens (including phenoxy) is 1. The highest BCUT2D eigenvalue weighted by Gasteiger charge is 2.14. The third-order valence-electron chi connectivity index (χ3n) is 2.77. The number of hydrogen-bond donors (Lipinski definition) is 2. The Morgan fingerprint density at radius 3 is 2.20 bits per heavy atom. The molecule has 20 heavy (non-hydrogen) atoms. The molecule has 0 saturated heterocycles. The van der Waals surface area contributed by atoms with Gasteiger partial charge in [-0.2, -0.15) is 0 Å². The van der Waals surface area contributed by atoms with Crippen molar-refractivity contribution >= 4 is 11.8 Å². The maximum atomic E-state index is 11.8. The normalized spacial score (nSPS) is 11.0. The molecule has 0 atom stereocenters. The van der Waals surface area contributed by atoms with Crippen molar-refractivity contribution in [2.75, 3.05) is 13.2 Å². The lowest BCUT2D eigenvalue weighted by Crippen LogP contribution is -2.43. The molecule has 5 heteroatoms. The van der Waals surface area contributed by atoms with Crippen molar-refractivity contribution in [3.05, 3.63) is 35.4 Å². The molecule has 0 aliphatic heterocycles. The summed E-state index contributed by atoms with van der Waals surface area (Å²) in [6, 6.07) is 7.31. The van der Waals surface area contributed by atoms with Gasteiger partial charge >= 0.3 is 0 Å². The molecule has 1 aromatic carbocycles. The van der Waals surface area contributed by atoms with E-state index in [9.17, 15) is 9.59 Å². The second kappa shape index (κ2) is 7.05. The van der Waals surface area contributed by atoms with Crippen LogP contribution in [0.4, 0.5) is 0 Å². The van der Waals surface area contributed by atoms with Crippen LogP contribution in [-0.4, -0.2) is 25.0 Å². The molecule has 0 aliphatic rings. The zero-order valence-electron chi connectivity index (χ0n) is 12.4. The van der Waals surface area contributed by atoms with E-state index in [0.717, 1.165) is 5.56 Å². The number of nitrogens with one attached hydrogen (secondary N) is 2. The molecule has 0 spiro atoms. The molecular formula is C15H22N2O3. The van der Waals surface area contributed by atoms with E-state index in [1.807, 2.05) is 12.1 Å². The first-order valence-corrected chi connectivity index (χ1v) is 6.62. The lowest BCUT2D eigenvalue weighted by molar-refractivity contribution is -0.126. The van der Waals surface area contributed by atoms with Crippen LogP contribution < -0.4 is 10.9 Å². The van der Waals surface area contributed by atoms with Crippen molar-refractivity contribution in [1.29, 1.82) is 0 Å². The topological polar surface area (TPSA) is 67.4 Å². The molecular weight excluding hydrogens is 256 g/mol. The predicted molar refractivity (Wildman–Crippen MR) is 77.2 cm³/mol. The highest BCUT2D eigenvalue weighted by molar-refractivity contribution is 5.95. The van der Waals surface area contributed by atoms with Crippen molar-refractivity contribution in [2.24, 2.45) is 0 Å². The Labute approximate surface area is 119 Å². The molecule has 110 valence electrons. The van der Waals surface area contributed by atoms with Gasteiger partial charge in [-0.3, -0.25) is 20.4 Å². The van der Waals surface area contributed by atoms with E-state index in [1.54, 1.807) is 19.1 Å². The largest absolute Gasteiger partial charge is 0.372 e. The second-order valence-electron chi connectivity index (χ2n) is 5.47. The predicted octanol–water partition coefficient (Wildman–Crippen LogP) is 1.78. The SMILES string of the molecule is CCOCC(=O)NNC(=O)c1ccc(C(C)(C)C)cc1. The molecule has 1 rings (SSSR count). The van der Waals surface area contributed by atoms with E-state index in [-0.39, 0.29) is 23.8 Å². The van der Waals surface area contributed by atoms with Crippen LogP contribution in [0, 0.1) is 0 Å². The summed E-state index contributed by atoms with van der Waals surface area (Å²) in [5, 5.41) is 0. The summed E-state index contributed by atoms with van der Waals surface area (Å²) in [6.45, 7) is 8.50. The van der Waals surface area contributed by atoms with Gasteiger partial charge in [-0.1, -0.05) is 32.9 Å². The first kappa shape index (κ1) is 16.2. The van der Waals surface area contributed by atoms with E-state index >= 15 is 0 Å². The molecule has 0 radical (unpaired) electrons. The monoisotopic (exact) mass is 278 g/mol. The third kappa shape index (κ3) is 5.01. The number of amides is 2. The molecule has 0 heterocycles. The minimum Gasteiger partial charge on any atom is -0.372 e. The van der Waals surface area contributed by atoms with Crippen LogP contribution in [0.15, 0.2) is 24.3 Å². The summed E-state index contributed by atoms with van der Waals surface area (Å²) >= 11 is 0. The summed E-state index contributed by atoms with van der Waals surface area (Å²) in [5.74, 6) is -0.734. The Bertz CT molecular complexity index is 461. The van der Waals surface area contributed by atoms with Crippen LogP contribution in [0.3, 0.4) is 0 Å². The second-order valence-corrected chi connectivity index (χ2v) is 5.47. The summed E-state index contributed by atoms with van der Waals surface area (Å²) < 4.78 is 4.92. The molecule has 0 aliphatic carbocycles. The lowest BCUT2D eigenvalue weighted by atomic mass is 9.87. The van der Waals surface area contributed by atoms with Crippen molar-refractivity contribution in [2.45, 2.75) is 33.1 Å². The van der Waals surface area contributed by atoms with Crippen molar-refractivity contribution in [1.82, 2.24) is 10.9 Å². The van der Waals surface area contributed by atoms with Gasteiger partial charge in [0.1, 0.15) is 6.61 Å². The fraction of sp³-hybridized carbons (Fsp3) is 0.467. The van der Waals surface area contributed by atoms with Crippen LogP contribution in [0.2, 0.25) is 0 Å². The average molecular weight is 278 g/mol. The van der Waals surface area contributed by atoms with Gasteiger partial charge in [-0.15, -0.1) is 0 Å². The van der Waals surface area contributed by atoms with Gasteiger partial charge in [-0.25, -0.2) is 0 Å². The molecule has 0 saturated carbocycles. The van der Waals surface area contributed by atoms with E-state index in [1.165, 1.54) is 0 Å². The van der Waals surface area contributed by atoms with Gasteiger partial charge in [0.15, 0.2) is 0 Å². The Balaban J connectivity index is 2.54. The summed E-state index contributed by atoms with van der Waals surface area (Å²) in [6.07, 6.45) is 0. The van der Waals surface area contributed by atoms with Gasteiger partial charge in [0.05, 0.1) is 0 Å². The van der Waals surface area contributed by atoms with Crippen molar-refractivity contribution < 1.29 is 14.3 Å². The van der Waals surface area contributed by atoms with Gasteiger partial charge < -0.3 is 4.74 Å². The van der Waals surface area contributed by atoms with Gasteiger partial charge in [0.2, 0.25) is 0 Å². The number of hydrazine groups is 1. The molecule has 0 unspecified atom stereocenters. The number of benzene rings is 1. The van der Waals surface area contributed by atoms with E-state index < -0.39 is 0 Å². The number of carbonyl (C=O) groups excluding carboxylic acids is 2. The maximum absolute atomic E-state index is 11.8. The van der Waals surface area contributed by atoms with Crippen LogP contribution in [0.1, 0.15) is 43.6 Å². The van der Waals surface area contributed by atoms with E-state index in [2.05, 4.69) is 31.6 Å². The van der Waals surface area contributed by atoms with Gasteiger partial charge in [0.25, 0.3) is 11.8 Å². The quantitative estimate of drug-likeness (QED) is 0.825. The maximum Gasteiger partial charge on any atom is 0.269 e. The molecule has 2 N–H and O–H groups in total. The Kier molecular flexibility index (Phi) is 5.70. The third-order valence-corrected chi connectivity index (χ3v) is 2.77. The smallest absolute Gasteiger partial charge is 0.269 e. The zero-order chi connectivity index (χ0) is 15.2. The highest BCUT2D eigenvalue weighted by atomic mass is 16.5. The van der Waals surface area contributed by atoms with Crippen molar-refractivity contribution in [3.8, 4) is 0 Å². The van der Waals surface area contributed by atoms with Crippen LogP contribution >= 0.6 is 0 Å². The number of hydrogen-bond acceptors (Lipinski definition) is 3. The molecule has 0 fully saturated rings. The van der Waals surface area contributed by atoms with Gasteiger partial charge in [0, 0.05) is 12.2 Å². The van der Waals surface area contributed by atoms with Crippen LogP contribution in [0.5, 0.6) is 0 Å².